The van der Waals surface area contributed by atoms with Gasteiger partial charge >= 0.3 is 6.09 Å². The maximum atomic E-state index is 11.5. The summed E-state index contributed by atoms with van der Waals surface area (Å²) in [5.41, 5.74) is 0.579. The van der Waals surface area contributed by atoms with Gasteiger partial charge in [-0.05, 0) is 44.4 Å². The summed E-state index contributed by atoms with van der Waals surface area (Å²) in [4.78, 5) is 11.5. The van der Waals surface area contributed by atoms with Crippen LogP contribution in [0.4, 0.5) is 4.79 Å². The van der Waals surface area contributed by atoms with E-state index < -0.39 is 11.7 Å². The number of ether oxygens (including phenoxy) is 1. The van der Waals surface area contributed by atoms with Gasteiger partial charge in [0.2, 0.25) is 0 Å². The lowest BCUT2D eigenvalue weighted by molar-refractivity contribution is 0.0525. The molecule has 2 N–H and O–H groups in total. The molecule has 100 valence electrons. The van der Waals surface area contributed by atoms with Gasteiger partial charge in [0.05, 0.1) is 0 Å². The van der Waals surface area contributed by atoms with Gasteiger partial charge in [0.1, 0.15) is 11.4 Å². The fourth-order valence-electron chi connectivity index (χ4n) is 1.47. The predicted octanol–water partition coefficient (Wildman–Crippen LogP) is 3.02. The molecule has 4 nitrogen and oxygen atoms in total. The van der Waals surface area contributed by atoms with E-state index in [4.69, 9.17) is 4.74 Å². The number of benzene rings is 1. The second kappa shape index (κ2) is 5.76. The van der Waals surface area contributed by atoms with Gasteiger partial charge in [-0.1, -0.05) is 19.1 Å². The highest BCUT2D eigenvalue weighted by Crippen LogP contribution is 2.17. The van der Waals surface area contributed by atoms with Crippen LogP contribution in [0.25, 0.3) is 0 Å². The minimum Gasteiger partial charge on any atom is -0.508 e. The van der Waals surface area contributed by atoms with E-state index in [1.54, 1.807) is 12.1 Å². The van der Waals surface area contributed by atoms with Crippen molar-refractivity contribution in [3.8, 4) is 5.75 Å². The quantitative estimate of drug-likeness (QED) is 0.868. The van der Waals surface area contributed by atoms with E-state index in [9.17, 15) is 9.90 Å². The van der Waals surface area contributed by atoms with Crippen LogP contribution in [-0.2, 0) is 4.74 Å². The van der Waals surface area contributed by atoms with Crippen molar-refractivity contribution in [2.75, 3.05) is 6.54 Å². The lowest BCUT2D eigenvalue weighted by atomic mass is 10.0. The Kier molecular flexibility index (Phi) is 4.59. The van der Waals surface area contributed by atoms with E-state index in [1.807, 2.05) is 39.8 Å². The summed E-state index contributed by atoms with van der Waals surface area (Å²) < 4.78 is 5.15. The summed E-state index contributed by atoms with van der Waals surface area (Å²) >= 11 is 0. The number of nitrogens with one attached hydrogen (secondary N) is 1. The molecule has 0 saturated heterocycles. The van der Waals surface area contributed by atoms with E-state index in [1.165, 1.54) is 0 Å². The first-order valence-electron chi connectivity index (χ1n) is 6.04. The fourth-order valence-corrected chi connectivity index (χ4v) is 1.47. The zero-order valence-electron chi connectivity index (χ0n) is 11.4. The molecule has 0 radical (unpaired) electrons. The zero-order valence-corrected chi connectivity index (χ0v) is 11.4. The van der Waals surface area contributed by atoms with Crippen molar-refractivity contribution in [2.45, 2.75) is 39.2 Å². The zero-order chi connectivity index (χ0) is 13.8. The van der Waals surface area contributed by atoms with Crippen LogP contribution in [0.5, 0.6) is 5.75 Å². The van der Waals surface area contributed by atoms with Gasteiger partial charge in [-0.25, -0.2) is 4.79 Å². The standard InChI is InChI=1S/C14H21NO3/c1-10(11-5-7-12(16)8-6-11)9-15-13(17)18-14(2,3)4/h5-8,10,16H,9H2,1-4H3,(H,15,17)/t10-/m0/s1. The first kappa shape index (κ1) is 14.4. The Morgan fingerprint density at radius 1 is 1.33 bits per heavy atom. The van der Waals surface area contributed by atoms with Gasteiger partial charge in [-0.15, -0.1) is 0 Å². The largest absolute Gasteiger partial charge is 0.508 e. The second-order valence-corrected chi connectivity index (χ2v) is 5.38. The summed E-state index contributed by atoms with van der Waals surface area (Å²) in [5.74, 6) is 0.407. The maximum Gasteiger partial charge on any atom is 0.407 e. The van der Waals surface area contributed by atoms with Gasteiger partial charge in [0, 0.05) is 6.54 Å². The Balaban J connectivity index is 2.44. The number of carbonyl (C=O) groups is 1. The summed E-state index contributed by atoms with van der Waals surface area (Å²) in [7, 11) is 0. The highest BCUT2D eigenvalue weighted by Gasteiger charge is 2.16. The summed E-state index contributed by atoms with van der Waals surface area (Å²) in [6.07, 6.45) is -0.409. The normalized spacial score (nSPS) is 12.9. The molecule has 0 fully saturated rings. The van der Waals surface area contributed by atoms with Gasteiger partial charge in [0.25, 0.3) is 0 Å². The second-order valence-electron chi connectivity index (χ2n) is 5.38. The fraction of sp³-hybridized carbons (Fsp3) is 0.500. The molecule has 1 aromatic rings. The lowest BCUT2D eigenvalue weighted by Gasteiger charge is -2.21. The summed E-state index contributed by atoms with van der Waals surface area (Å²) in [6.45, 7) is 7.99. The third kappa shape index (κ3) is 5.08. The van der Waals surface area contributed by atoms with Crippen LogP contribution in [0.15, 0.2) is 24.3 Å². The van der Waals surface area contributed by atoms with E-state index in [0.717, 1.165) is 5.56 Å². The molecule has 0 aromatic heterocycles. The predicted molar refractivity (Wildman–Crippen MR) is 70.8 cm³/mol. The molecule has 1 atom stereocenters. The third-order valence-corrected chi connectivity index (χ3v) is 2.41. The molecule has 0 spiro atoms. The number of aromatic hydroxyl groups is 1. The number of hydrogen-bond acceptors (Lipinski definition) is 3. The minimum absolute atomic E-state index is 0.165. The van der Waals surface area contributed by atoms with Gasteiger partial charge in [0.15, 0.2) is 0 Å². The van der Waals surface area contributed by atoms with Crippen LogP contribution in [-0.4, -0.2) is 23.3 Å². The molecular weight excluding hydrogens is 230 g/mol. The molecule has 0 aliphatic heterocycles. The van der Waals surface area contributed by atoms with Crippen LogP contribution >= 0.6 is 0 Å². The van der Waals surface area contributed by atoms with E-state index in [2.05, 4.69) is 5.32 Å². The lowest BCUT2D eigenvalue weighted by Crippen LogP contribution is -2.34. The molecule has 1 rings (SSSR count). The van der Waals surface area contributed by atoms with Crippen molar-refractivity contribution in [3.05, 3.63) is 29.8 Å². The first-order valence-corrected chi connectivity index (χ1v) is 6.04. The Hall–Kier alpha value is -1.71. The van der Waals surface area contributed by atoms with Crippen molar-refractivity contribution >= 4 is 6.09 Å². The number of amides is 1. The number of alkyl carbamates (subject to hydrolysis) is 1. The average Bonchev–Trinajstić information content (AvgIpc) is 2.24. The number of carbonyl (C=O) groups excluding carboxylic acids is 1. The van der Waals surface area contributed by atoms with Crippen LogP contribution in [0.3, 0.4) is 0 Å². The Labute approximate surface area is 108 Å². The monoisotopic (exact) mass is 251 g/mol. The van der Waals surface area contributed by atoms with E-state index in [-0.39, 0.29) is 11.7 Å². The third-order valence-electron chi connectivity index (χ3n) is 2.41. The number of rotatable bonds is 3. The molecule has 0 bridgehead atoms. The van der Waals surface area contributed by atoms with Crippen LogP contribution in [0.1, 0.15) is 39.2 Å². The van der Waals surface area contributed by atoms with Gasteiger partial charge in [-0.3, -0.25) is 0 Å². The summed E-state index contributed by atoms with van der Waals surface area (Å²) in [5, 5.41) is 11.9. The van der Waals surface area contributed by atoms with E-state index in [0.29, 0.717) is 6.54 Å². The van der Waals surface area contributed by atoms with Gasteiger partial charge < -0.3 is 15.2 Å². The molecule has 1 aromatic carbocycles. The Morgan fingerprint density at radius 2 is 1.89 bits per heavy atom. The molecule has 18 heavy (non-hydrogen) atoms. The molecule has 0 heterocycles. The molecule has 0 saturated carbocycles. The van der Waals surface area contributed by atoms with Crippen molar-refractivity contribution in [3.63, 3.8) is 0 Å². The number of phenolic OH excluding ortho intramolecular Hbond substituents is 1. The van der Waals surface area contributed by atoms with Crippen molar-refractivity contribution < 1.29 is 14.6 Å². The highest BCUT2D eigenvalue weighted by atomic mass is 16.6. The van der Waals surface area contributed by atoms with Crippen molar-refractivity contribution in [1.29, 1.82) is 0 Å². The Bertz CT molecular complexity index is 392. The number of phenols is 1. The minimum atomic E-state index is -0.480. The smallest absolute Gasteiger partial charge is 0.407 e. The summed E-state index contributed by atoms with van der Waals surface area (Å²) in [6, 6.07) is 6.96. The topological polar surface area (TPSA) is 58.6 Å². The molecule has 0 aliphatic carbocycles. The molecule has 0 aliphatic rings. The van der Waals surface area contributed by atoms with Crippen LogP contribution < -0.4 is 5.32 Å². The molecular formula is C14H21NO3. The molecule has 0 unspecified atom stereocenters. The average molecular weight is 251 g/mol. The number of hydrogen-bond donors (Lipinski definition) is 2. The maximum absolute atomic E-state index is 11.5. The van der Waals surface area contributed by atoms with Crippen molar-refractivity contribution in [2.24, 2.45) is 0 Å². The van der Waals surface area contributed by atoms with Crippen LogP contribution in [0, 0.1) is 0 Å². The molecule has 1 amide bonds. The highest BCUT2D eigenvalue weighted by molar-refractivity contribution is 5.67. The van der Waals surface area contributed by atoms with Gasteiger partial charge in [-0.2, -0.15) is 0 Å². The van der Waals surface area contributed by atoms with Crippen molar-refractivity contribution in [1.82, 2.24) is 5.32 Å². The van der Waals surface area contributed by atoms with E-state index >= 15 is 0 Å². The Morgan fingerprint density at radius 3 is 2.39 bits per heavy atom. The molecule has 4 heteroatoms. The SMILES string of the molecule is C[C@@H](CNC(=O)OC(C)(C)C)c1ccc(O)cc1. The first-order chi connectivity index (χ1) is 8.28. The van der Waals surface area contributed by atoms with Crippen LogP contribution in [0.2, 0.25) is 0 Å².